The van der Waals surface area contributed by atoms with Gasteiger partial charge in [0.2, 0.25) is 11.6 Å². The third kappa shape index (κ3) is 4.83. The molecule has 3 aliphatic rings. The van der Waals surface area contributed by atoms with E-state index in [1.807, 2.05) is 5.32 Å². The molecule has 2 aromatic carbocycles. The molecular formula is C25H27FN4O13. The molecule has 3 aliphatic heterocycles. The van der Waals surface area contributed by atoms with Crippen LogP contribution in [0.15, 0.2) is 36.4 Å². The zero-order valence-corrected chi connectivity index (χ0v) is 21.9. The molecule has 2 saturated heterocycles. The summed E-state index contributed by atoms with van der Waals surface area (Å²) in [6.07, 6.45) is -0.468. The lowest BCUT2D eigenvalue weighted by atomic mass is 10.00. The highest BCUT2D eigenvalue weighted by atomic mass is 19.1. The van der Waals surface area contributed by atoms with Crippen molar-refractivity contribution >= 4 is 23.4 Å². The van der Waals surface area contributed by atoms with Crippen molar-refractivity contribution in [2.75, 3.05) is 5.32 Å². The van der Waals surface area contributed by atoms with Gasteiger partial charge in [0.15, 0.2) is 0 Å². The molecular weight excluding hydrogens is 583 g/mol. The topological polar surface area (TPSA) is 273 Å². The van der Waals surface area contributed by atoms with Crippen LogP contribution in [-0.4, -0.2) is 103 Å². The number of aliphatic hydroxyl groups is 9. The van der Waals surface area contributed by atoms with Gasteiger partial charge in [-0.15, -0.1) is 0 Å². The van der Waals surface area contributed by atoms with Gasteiger partial charge in [0.25, 0.3) is 11.8 Å². The van der Waals surface area contributed by atoms with Crippen molar-refractivity contribution in [2.24, 2.45) is 0 Å². The summed E-state index contributed by atoms with van der Waals surface area (Å²) in [5.41, 5.74) is -1.53. The number of carbonyl (C=O) groups excluding carboxylic acids is 3. The molecule has 43 heavy (non-hydrogen) atoms. The summed E-state index contributed by atoms with van der Waals surface area (Å²) in [6.45, 7) is -1.47. The zero-order chi connectivity index (χ0) is 31.8. The van der Waals surface area contributed by atoms with Crippen molar-refractivity contribution in [3.63, 3.8) is 0 Å². The molecule has 3 amide bonds. The van der Waals surface area contributed by atoms with Crippen molar-refractivity contribution < 1.29 is 69.5 Å². The summed E-state index contributed by atoms with van der Waals surface area (Å²) in [5, 5.41) is 95.1. The minimum Gasteiger partial charge on any atom is -0.381 e. The monoisotopic (exact) mass is 610 g/mol. The first-order valence-corrected chi connectivity index (χ1v) is 12.6. The van der Waals surface area contributed by atoms with Gasteiger partial charge >= 0.3 is 23.8 Å². The Morgan fingerprint density at radius 2 is 1.58 bits per heavy atom. The third-order valence-electron chi connectivity index (χ3n) is 7.57. The molecule has 232 valence electrons. The van der Waals surface area contributed by atoms with Gasteiger partial charge in [-0.25, -0.2) is 4.39 Å². The first-order chi connectivity index (χ1) is 19.8. The van der Waals surface area contributed by atoms with Gasteiger partial charge in [-0.2, -0.15) is 4.90 Å². The third-order valence-corrected chi connectivity index (χ3v) is 7.57. The minimum absolute atomic E-state index is 0.0177. The van der Waals surface area contributed by atoms with E-state index in [0.29, 0.717) is 11.3 Å². The second-order valence-electron chi connectivity index (χ2n) is 10.4. The number of nitrogens with one attached hydrogen (secondary N) is 2. The van der Waals surface area contributed by atoms with Gasteiger partial charge in [-0.05, 0) is 23.8 Å². The van der Waals surface area contributed by atoms with E-state index in [9.17, 15) is 60.3 Å². The summed E-state index contributed by atoms with van der Waals surface area (Å²) in [5.74, 6) is -19.5. The predicted octanol–water partition coefficient (Wildman–Crippen LogP) is -4.10. The Morgan fingerprint density at radius 3 is 2.19 bits per heavy atom. The average molecular weight is 611 g/mol. The van der Waals surface area contributed by atoms with Crippen molar-refractivity contribution in [2.45, 2.75) is 62.0 Å². The number of ether oxygens (including phenoxy) is 1. The van der Waals surface area contributed by atoms with E-state index in [-0.39, 0.29) is 47.5 Å². The lowest BCUT2D eigenvalue weighted by molar-refractivity contribution is -0.659. The Balaban J connectivity index is 1.33. The zero-order valence-electron chi connectivity index (χ0n) is 21.9. The number of amides is 3. The number of piperidine rings is 1. The molecule has 0 spiro atoms. The number of nitrogens with zero attached hydrogens (tertiary/aromatic N) is 2. The van der Waals surface area contributed by atoms with Crippen LogP contribution in [0.3, 0.4) is 0 Å². The van der Waals surface area contributed by atoms with Crippen molar-refractivity contribution in [1.82, 2.24) is 15.1 Å². The van der Waals surface area contributed by atoms with Gasteiger partial charge in [-0.3, -0.25) is 29.3 Å². The molecule has 0 saturated carbocycles. The molecule has 18 heteroatoms. The predicted molar refractivity (Wildman–Crippen MR) is 133 cm³/mol. The smallest absolute Gasteiger partial charge is 0.356 e. The van der Waals surface area contributed by atoms with Crippen LogP contribution >= 0.6 is 0 Å². The number of fused-ring (bicyclic) bond motifs is 1. The van der Waals surface area contributed by atoms with Gasteiger partial charge < -0.3 is 51.3 Å². The Morgan fingerprint density at radius 1 is 0.930 bits per heavy atom. The minimum atomic E-state index is -4.14. The summed E-state index contributed by atoms with van der Waals surface area (Å²) in [7, 11) is 0. The maximum Gasteiger partial charge on any atom is 0.356 e. The van der Waals surface area contributed by atoms with E-state index < -0.39 is 59.6 Å². The molecule has 17 nitrogen and oxygen atoms in total. The standard InChI is InChI=1S/C25H27FN4O13/c26-16-8-12(10-30-22(35,36)24(39,40)43-25(41,42)23(30,37)38)4-5-13(16)9-27-17-3-1-2-14-15(17)11-29(19(14)32)21(34)7-6-18(31)28-20(21)33/h1-5,8,27,34-42H,6-7,9-11H2,(H,28,31,33). The van der Waals surface area contributed by atoms with Crippen LogP contribution in [0.5, 0.6) is 0 Å². The van der Waals surface area contributed by atoms with E-state index in [4.69, 9.17) is 0 Å². The number of rotatable bonds is 6. The Hall–Kier alpha value is -3.66. The number of hydrogen-bond acceptors (Lipinski definition) is 15. The number of anilines is 1. The van der Waals surface area contributed by atoms with Crippen LogP contribution in [0.4, 0.5) is 10.1 Å². The number of hydrogen-bond donors (Lipinski definition) is 11. The lowest BCUT2D eigenvalue weighted by Crippen LogP contribution is -2.83. The van der Waals surface area contributed by atoms with Gasteiger partial charge in [0.05, 0.1) is 6.54 Å². The molecule has 2 aromatic rings. The number of benzene rings is 2. The van der Waals surface area contributed by atoms with E-state index in [0.717, 1.165) is 11.0 Å². The highest BCUT2D eigenvalue weighted by Gasteiger charge is 2.74. The summed E-state index contributed by atoms with van der Waals surface area (Å²) < 4.78 is 18.9. The Labute approximate surface area is 240 Å². The quantitative estimate of drug-likeness (QED) is 0.110. The Bertz CT molecular complexity index is 1490. The fourth-order valence-corrected chi connectivity index (χ4v) is 5.08. The van der Waals surface area contributed by atoms with Gasteiger partial charge in [-0.1, -0.05) is 18.2 Å². The Kier molecular flexibility index (Phi) is 7.12. The highest BCUT2D eigenvalue weighted by molar-refractivity contribution is 6.07. The SMILES string of the molecule is O=C1CCC(O)(N2Cc3c(NCc4ccc(CN5C(O)(O)C(O)(O)OC(O)(O)C5(O)O)cc4F)cccc3C2=O)C(=O)N1. The largest absolute Gasteiger partial charge is 0.381 e. The van der Waals surface area contributed by atoms with E-state index >= 15 is 4.39 Å². The van der Waals surface area contributed by atoms with E-state index in [1.165, 1.54) is 24.3 Å². The van der Waals surface area contributed by atoms with Crippen LogP contribution < -0.4 is 10.6 Å². The second-order valence-corrected chi connectivity index (χ2v) is 10.4. The van der Waals surface area contributed by atoms with Gasteiger partial charge in [0.1, 0.15) is 5.82 Å². The summed E-state index contributed by atoms with van der Waals surface area (Å²) in [6, 6.07) is 7.76. The summed E-state index contributed by atoms with van der Waals surface area (Å²) >= 11 is 0. The van der Waals surface area contributed by atoms with E-state index in [2.05, 4.69) is 10.1 Å². The highest BCUT2D eigenvalue weighted by Crippen LogP contribution is 2.42. The molecule has 1 atom stereocenters. The number of imide groups is 1. The fourth-order valence-electron chi connectivity index (χ4n) is 5.08. The maximum atomic E-state index is 15.1. The van der Waals surface area contributed by atoms with Gasteiger partial charge in [0, 0.05) is 48.3 Å². The molecule has 2 fully saturated rings. The van der Waals surface area contributed by atoms with E-state index in [1.54, 1.807) is 6.07 Å². The van der Waals surface area contributed by atoms with Crippen molar-refractivity contribution in [1.29, 1.82) is 0 Å². The molecule has 0 aromatic heterocycles. The fraction of sp³-hybridized carbons (Fsp3) is 0.400. The summed E-state index contributed by atoms with van der Waals surface area (Å²) in [4.78, 5) is 37.5. The number of halogens is 1. The van der Waals surface area contributed by atoms with Crippen LogP contribution in [0.2, 0.25) is 0 Å². The normalized spacial score (nSPS) is 25.8. The van der Waals surface area contributed by atoms with Crippen LogP contribution in [0, 0.1) is 5.82 Å². The van der Waals surface area contributed by atoms with Crippen LogP contribution in [0.1, 0.15) is 39.9 Å². The maximum absolute atomic E-state index is 15.1. The second kappa shape index (κ2) is 9.94. The molecule has 0 bridgehead atoms. The molecule has 3 heterocycles. The molecule has 0 radical (unpaired) electrons. The lowest BCUT2D eigenvalue weighted by Gasteiger charge is -2.55. The molecule has 5 rings (SSSR count). The van der Waals surface area contributed by atoms with Crippen molar-refractivity contribution in [3.8, 4) is 0 Å². The first-order valence-electron chi connectivity index (χ1n) is 12.6. The number of carbonyl (C=O) groups is 3. The van der Waals surface area contributed by atoms with Crippen molar-refractivity contribution in [3.05, 3.63) is 64.5 Å². The van der Waals surface area contributed by atoms with Crippen LogP contribution in [0.25, 0.3) is 0 Å². The average Bonchev–Trinajstić information content (AvgIpc) is 3.25. The first kappa shape index (κ1) is 30.8. The molecule has 11 N–H and O–H groups in total. The van der Waals surface area contributed by atoms with Crippen LogP contribution in [-0.2, 0) is 34.0 Å². The molecule has 1 unspecified atom stereocenters. The molecule has 0 aliphatic carbocycles. The number of morpholine rings is 1.